The number of nitrogens with zero attached hydrogens (tertiary/aromatic N) is 1. The lowest BCUT2D eigenvalue weighted by Crippen LogP contribution is -2.40. The van der Waals surface area contributed by atoms with Gasteiger partial charge in [0.15, 0.2) is 0 Å². The summed E-state index contributed by atoms with van der Waals surface area (Å²) in [6.07, 6.45) is 2.83. The predicted octanol–water partition coefficient (Wildman–Crippen LogP) is 2.66. The molecule has 0 saturated carbocycles. The number of benzene rings is 1. The summed E-state index contributed by atoms with van der Waals surface area (Å²) in [5.74, 6) is -1.04. The molecule has 1 saturated heterocycles. The average Bonchev–Trinajstić information content (AvgIpc) is 2.49. The maximum absolute atomic E-state index is 12.2. The van der Waals surface area contributed by atoms with Crippen LogP contribution in [0.3, 0.4) is 0 Å². The van der Waals surface area contributed by atoms with Gasteiger partial charge in [-0.05, 0) is 29.9 Å². The lowest BCUT2D eigenvalue weighted by Gasteiger charge is -2.32. The molecule has 1 N–H and O–H groups in total. The van der Waals surface area contributed by atoms with Crippen molar-refractivity contribution in [2.24, 2.45) is 0 Å². The molecule has 1 aromatic rings. The monoisotopic (exact) mass is 357 g/mol. The summed E-state index contributed by atoms with van der Waals surface area (Å²) < 4.78 is 25.9. The van der Waals surface area contributed by atoms with Crippen LogP contribution in [-0.2, 0) is 21.2 Å². The third-order valence-corrected chi connectivity index (χ3v) is 6.23. The van der Waals surface area contributed by atoms with Crippen LogP contribution >= 0.6 is 11.6 Å². The van der Waals surface area contributed by atoms with Crippen LogP contribution in [0.25, 0.3) is 0 Å². The van der Waals surface area contributed by atoms with Crippen LogP contribution in [0.2, 0.25) is 5.02 Å². The molecule has 2 rings (SSSR count). The van der Waals surface area contributed by atoms with Crippen LogP contribution in [0.1, 0.15) is 29.9 Å². The van der Waals surface area contributed by atoms with Crippen molar-refractivity contribution in [3.8, 4) is 0 Å². The minimum atomic E-state index is -3.34. The largest absolute Gasteiger partial charge is 0.481 e. The van der Waals surface area contributed by atoms with E-state index < -0.39 is 16.0 Å². The van der Waals surface area contributed by atoms with Gasteiger partial charge >= 0.3 is 5.97 Å². The molecular weight excluding hydrogens is 338 g/mol. The molecule has 1 atom stereocenters. The molecule has 0 amide bonds. The maximum Gasteiger partial charge on any atom is 0.307 e. The molecule has 7 heteroatoms. The highest BCUT2D eigenvalue weighted by molar-refractivity contribution is 7.89. The van der Waals surface area contributed by atoms with Crippen molar-refractivity contribution in [2.45, 2.75) is 25.2 Å². The van der Waals surface area contributed by atoms with E-state index in [1.54, 1.807) is 12.1 Å². The summed E-state index contributed by atoms with van der Waals surface area (Å²) in [5, 5.41) is 9.38. The zero-order valence-electron chi connectivity index (χ0n) is 12.7. The number of rotatable bonds is 6. The Morgan fingerprint density at radius 3 is 2.87 bits per heavy atom. The van der Waals surface area contributed by atoms with Crippen molar-refractivity contribution in [2.75, 3.05) is 18.8 Å². The summed E-state index contributed by atoms with van der Waals surface area (Å²) in [4.78, 5) is 10.9. The first-order valence-electron chi connectivity index (χ1n) is 7.43. The topological polar surface area (TPSA) is 74.7 Å². The molecule has 1 heterocycles. The minimum Gasteiger partial charge on any atom is -0.481 e. The highest BCUT2D eigenvalue weighted by Crippen LogP contribution is 2.34. The summed E-state index contributed by atoms with van der Waals surface area (Å²) in [6, 6.07) is 5.31. The van der Waals surface area contributed by atoms with E-state index in [0.29, 0.717) is 23.7 Å². The second kappa shape index (κ2) is 7.47. The minimum absolute atomic E-state index is 0.0235. The van der Waals surface area contributed by atoms with E-state index in [9.17, 15) is 13.2 Å². The first kappa shape index (κ1) is 18.0. The van der Waals surface area contributed by atoms with Gasteiger partial charge in [-0.2, -0.15) is 0 Å². The molecule has 1 aliphatic rings. The molecule has 0 spiro atoms. The van der Waals surface area contributed by atoms with Crippen molar-refractivity contribution < 1.29 is 18.3 Å². The van der Waals surface area contributed by atoms with Gasteiger partial charge in [0.05, 0.1) is 12.2 Å². The van der Waals surface area contributed by atoms with Gasteiger partial charge in [-0.15, -0.1) is 6.58 Å². The van der Waals surface area contributed by atoms with Crippen molar-refractivity contribution in [3.05, 3.63) is 47.0 Å². The SMILES string of the molecule is C=CCS(=O)(=O)N1CCCC(c2cccc(CC(=O)O)c2Cl)C1. The van der Waals surface area contributed by atoms with E-state index >= 15 is 0 Å². The highest BCUT2D eigenvalue weighted by Gasteiger charge is 2.30. The molecule has 1 fully saturated rings. The van der Waals surface area contributed by atoms with Gasteiger partial charge in [-0.1, -0.05) is 35.9 Å². The van der Waals surface area contributed by atoms with E-state index in [0.717, 1.165) is 18.4 Å². The number of carbonyl (C=O) groups is 1. The van der Waals surface area contributed by atoms with E-state index in [2.05, 4.69) is 6.58 Å². The molecule has 23 heavy (non-hydrogen) atoms. The quantitative estimate of drug-likeness (QED) is 0.794. The average molecular weight is 358 g/mol. The smallest absolute Gasteiger partial charge is 0.307 e. The summed E-state index contributed by atoms with van der Waals surface area (Å²) >= 11 is 6.36. The van der Waals surface area contributed by atoms with Gasteiger partial charge in [-0.25, -0.2) is 12.7 Å². The number of sulfonamides is 1. The Morgan fingerprint density at radius 1 is 1.48 bits per heavy atom. The van der Waals surface area contributed by atoms with Crippen molar-refractivity contribution in [1.29, 1.82) is 0 Å². The van der Waals surface area contributed by atoms with Gasteiger partial charge in [0.25, 0.3) is 0 Å². The Bertz CT molecular complexity index is 702. The molecule has 0 bridgehead atoms. The molecule has 0 radical (unpaired) electrons. The van der Waals surface area contributed by atoms with Crippen molar-refractivity contribution >= 4 is 27.6 Å². The van der Waals surface area contributed by atoms with Gasteiger partial charge in [0, 0.05) is 18.1 Å². The van der Waals surface area contributed by atoms with Gasteiger partial charge in [-0.3, -0.25) is 4.79 Å². The lowest BCUT2D eigenvalue weighted by molar-refractivity contribution is -0.136. The van der Waals surface area contributed by atoms with Crippen LogP contribution < -0.4 is 0 Å². The summed E-state index contributed by atoms with van der Waals surface area (Å²) in [5.41, 5.74) is 1.38. The Hall–Kier alpha value is -1.37. The fourth-order valence-electron chi connectivity index (χ4n) is 2.92. The molecule has 1 aliphatic heterocycles. The van der Waals surface area contributed by atoms with Crippen LogP contribution in [0, 0.1) is 0 Å². The molecular formula is C16H20ClNO4S. The highest BCUT2D eigenvalue weighted by atomic mass is 35.5. The number of hydrogen-bond acceptors (Lipinski definition) is 3. The first-order chi connectivity index (χ1) is 10.8. The summed E-state index contributed by atoms with van der Waals surface area (Å²) in [6.45, 7) is 4.36. The Kier molecular flexibility index (Phi) is 5.84. The van der Waals surface area contributed by atoms with Crippen molar-refractivity contribution in [3.63, 3.8) is 0 Å². The molecule has 5 nitrogen and oxygen atoms in total. The number of hydrogen-bond donors (Lipinski definition) is 1. The number of piperidine rings is 1. The van der Waals surface area contributed by atoms with Crippen LogP contribution in [-0.4, -0.2) is 42.6 Å². The Morgan fingerprint density at radius 2 is 2.22 bits per heavy atom. The molecule has 1 aromatic carbocycles. The normalized spacial score (nSPS) is 19.4. The Balaban J connectivity index is 2.25. The standard InChI is InChI=1S/C16H20ClNO4S/c1-2-9-23(21,22)18-8-4-6-13(11-18)14-7-3-5-12(16(14)17)10-15(19)20/h2-3,5,7,13H,1,4,6,8-11H2,(H,19,20). The second-order valence-electron chi connectivity index (χ2n) is 5.66. The van der Waals surface area contributed by atoms with E-state index in [4.69, 9.17) is 16.7 Å². The van der Waals surface area contributed by atoms with E-state index in [1.807, 2.05) is 6.07 Å². The molecule has 0 aliphatic carbocycles. The third-order valence-electron chi connectivity index (χ3n) is 4.00. The summed E-state index contributed by atoms with van der Waals surface area (Å²) in [7, 11) is -3.34. The fraction of sp³-hybridized carbons (Fsp3) is 0.438. The van der Waals surface area contributed by atoms with E-state index in [1.165, 1.54) is 10.4 Å². The molecule has 1 unspecified atom stereocenters. The number of carboxylic acid groups (broad SMARTS) is 1. The van der Waals surface area contributed by atoms with Gasteiger partial charge in [0.1, 0.15) is 0 Å². The predicted molar refractivity (Wildman–Crippen MR) is 90.3 cm³/mol. The first-order valence-corrected chi connectivity index (χ1v) is 9.41. The maximum atomic E-state index is 12.2. The second-order valence-corrected chi connectivity index (χ2v) is 8.05. The number of aliphatic carboxylic acids is 1. The zero-order valence-corrected chi connectivity index (χ0v) is 14.3. The number of halogens is 1. The van der Waals surface area contributed by atoms with E-state index in [-0.39, 0.29) is 18.1 Å². The Labute approximate surface area is 141 Å². The zero-order chi connectivity index (χ0) is 17.0. The van der Waals surface area contributed by atoms with Gasteiger partial charge in [0.2, 0.25) is 10.0 Å². The number of carboxylic acids is 1. The van der Waals surface area contributed by atoms with Crippen LogP contribution in [0.5, 0.6) is 0 Å². The van der Waals surface area contributed by atoms with Crippen LogP contribution in [0.15, 0.2) is 30.9 Å². The van der Waals surface area contributed by atoms with Crippen molar-refractivity contribution in [1.82, 2.24) is 4.31 Å². The third kappa shape index (κ3) is 4.34. The lowest BCUT2D eigenvalue weighted by atomic mass is 9.90. The van der Waals surface area contributed by atoms with Crippen LogP contribution in [0.4, 0.5) is 0 Å². The molecule has 126 valence electrons. The fourth-order valence-corrected chi connectivity index (χ4v) is 4.59. The van der Waals surface area contributed by atoms with Gasteiger partial charge < -0.3 is 5.11 Å². The molecule has 0 aromatic heterocycles.